The summed E-state index contributed by atoms with van der Waals surface area (Å²) in [6.07, 6.45) is 2.29. The van der Waals surface area contributed by atoms with Crippen LogP contribution in [0.3, 0.4) is 0 Å². The maximum absolute atomic E-state index is 13.2. The van der Waals surface area contributed by atoms with Gasteiger partial charge >= 0.3 is 6.09 Å². The Kier molecular flexibility index (Phi) is 5.91. The van der Waals surface area contributed by atoms with E-state index in [-0.39, 0.29) is 11.8 Å². The molecule has 2 saturated heterocycles. The number of rotatable bonds is 3. The topological polar surface area (TPSA) is 79.0 Å². The molecule has 1 aromatic rings. The molecule has 0 aliphatic carbocycles. The van der Waals surface area contributed by atoms with Crippen molar-refractivity contribution in [1.29, 1.82) is 0 Å². The zero-order valence-electron chi connectivity index (χ0n) is 16.8. The van der Waals surface area contributed by atoms with Crippen molar-refractivity contribution in [3.63, 3.8) is 0 Å². The van der Waals surface area contributed by atoms with Crippen LogP contribution in [0.5, 0.6) is 0 Å². The van der Waals surface area contributed by atoms with Gasteiger partial charge in [0.15, 0.2) is 0 Å². The first-order valence-corrected chi connectivity index (χ1v) is 9.92. The molecule has 0 saturated carbocycles. The maximum Gasteiger partial charge on any atom is 0.410 e. The molecule has 2 aliphatic heterocycles. The summed E-state index contributed by atoms with van der Waals surface area (Å²) in [5.74, 6) is -0.340. The number of nitrogens with zero attached hydrogens (tertiary/aromatic N) is 2. The van der Waals surface area contributed by atoms with Gasteiger partial charge in [-0.05, 0) is 58.6 Å². The molecule has 2 heterocycles. The van der Waals surface area contributed by atoms with Gasteiger partial charge in [0.1, 0.15) is 17.7 Å². The minimum atomic E-state index is -0.612. The molecule has 28 heavy (non-hydrogen) atoms. The molecule has 7 nitrogen and oxygen atoms in total. The Bertz CT molecular complexity index is 729. The predicted molar refractivity (Wildman–Crippen MR) is 106 cm³/mol. The van der Waals surface area contributed by atoms with E-state index in [0.717, 1.165) is 12.8 Å². The Hall–Kier alpha value is -2.57. The summed E-state index contributed by atoms with van der Waals surface area (Å²) in [6.45, 7) is 6.46. The number of nitrogens with one attached hydrogen (secondary N) is 1. The summed E-state index contributed by atoms with van der Waals surface area (Å²) >= 11 is 0. The molecule has 2 aliphatic rings. The van der Waals surface area contributed by atoms with Gasteiger partial charge in [-0.15, -0.1) is 0 Å². The summed E-state index contributed by atoms with van der Waals surface area (Å²) in [4.78, 5) is 41.6. The number of anilines is 1. The quantitative estimate of drug-likeness (QED) is 0.865. The minimum absolute atomic E-state index is 0.158. The third kappa shape index (κ3) is 4.64. The largest absolute Gasteiger partial charge is 0.444 e. The number of hydrogen-bond donors (Lipinski definition) is 1. The Labute approximate surface area is 166 Å². The van der Waals surface area contributed by atoms with Crippen LogP contribution in [0.4, 0.5) is 10.5 Å². The van der Waals surface area contributed by atoms with Crippen molar-refractivity contribution in [1.82, 2.24) is 9.80 Å². The second kappa shape index (κ2) is 8.20. The van der Waals surface area contributed by atoms with Crippen LogP contribution in [0.2, 0.25) is 0 Å². The van der Waals surface area contributed by atoms with Crippen LogP contribution in [0.25, 0.3) is 0 Å². The number of benzene rings is 1. The fourth-order valence-corrected chi connectivity index (χ4v) is 3.80. The molecule has 3 amide bonds. The highest BCUT2D eigenvalue weighted by Gasteiger charge is 2.43. The van der Waals surface area contributed by atoms with Gasteiger partial charge in [0.2, 0.25) is 11.8 Å². The number of likely N-dealkylation sites (tertiary alicyclic amines) is 2. The normalized spacial score (nSPS) is 22.2. The highest BCUT2D eigenvalue weighted by Crippen LogP contribution is 2.27. The first kappa shape index (κ1) is 20.2. The molecular formula is C21H29N3O4. The van der Waals surface area contributed by atoms with Crippen LogP contribution >= 0.6 is 0 Å². The summed E-state index contributed by atoms with van der Waals surface area (Å²) in [5, 5.41) is 2.89. The van der Waals surface area contributed by atoms with Gasteiger partial charge in [-0.3, -0.25) is 14.5 Å². The molecule has 152 valence electrons. The van der Waals surface area contributed by atoms with Crippen LogP contribution in [-0.2, 0) is 14.3 Å². The lowest BCUT2D eigenvalue weighted by Gasteiger charge is -2.32. The third-order valence-corrected chi connectivity index (χ3v) is 5.05. The molecule has 2 atom stereocenters. The molecule has 3 rings (SSSR count). The molecule has 0 bridgehead atoms. The summed E-state index contributed by atoms with van der Waals surface area (Å²) in [6, 6.07) is 8.16. The lowest BCUT2D eigenvalue weighted by molar-refractivity contribution is -0.140. The summed E-state index contributed by atoms with van der Waals surface area (Å²) in [7, 11) is 0. The second-order valence-electron chi connectivity index (χ2n) is 8.38. The van der Waals surface area contributed by atoms with Crippen LogP contribution in [0.15, 0.2) is 30.3 Å². The maximum atomic E-state index is 13.2. The summed E-state index contributed by atoms with van der Waals surface area (Å²) in [5.41, 5.74) is 0.0991. The number of para-hydroxylation sites is 1. The molecule has 7 heteroatoms. The van der Waals surface area contributed by atoms with Crippen molar-refractivity contribution in [3.8, 4) is 0 Å². The lowest BCUT2D eigenvalue weighted by Crippen LogP contribution is -2.52. The molecule has 0 radical (unpaired) electrons. The molecule has 2 fully saturated rings. The van der Waals surface area contributed by atoms with Crippen molar-refractivity contribution >= 4 is 23.6 Å². The van der Waals surface area contributed by atoms with Crippen LogP contribution < -0.4 is 5.32 Å². The van der Waals surface area contributed by atoms with E-state index in [1.807, 2.05) is 51.1 Å². The number of amides is 3. The predicted octanol–water partition coefficient (Wildman–Crippen LogP) is 3.02. The molecule has 0 aromatic heterocycles. The van der Waals surface area contributed by atoms with E-state index in [4.69, 9.17) is 4.74 Å². The van der Waals surface area contributed by atoms with Gasteiger partial charge in [-0.1, -0.05) is 18.2 Å². The first-order chi connectivity index (χ1) is 13.3. The second-order valence-corrected chi connectivity index (χ2v) is 8.38. The zero-order valence-corrected chi connectivity index (χ0v) is 16.8. The average molecular weight is 387 g/mol. The van der Waals surface area contributed by atoms with Crippen molar-refractivity contribution < 1.29 is 19.1 Å². The van der Waals surface area contributed by atoms with E-state index in [2.05, 4.69) is 5.32 Å². The van der Waals surface area contributed by atoms with Crippen molar-refractivity contribution in [3.05, 3.63) is 30.3 Å². The van der Waals surface area contributed by atoms with Gasteiger partial charge in [-0.2, -0.15) is 0 Å². The highest BCUT2D eigenvalue weighted by molar-refractivity contribution is 5.98. The monoisotopic (exact) mass is 387 g/mol. The number of carbonyl (C=O) groups excluding carboxylic acids is 3. The minimum Gasteiger partial charge on any atom is -0.444 e. The number of carbonyl (C=O) groups is 3. The van der Waals surface area contributed by atoms with Crippen molar-refractivity contribution in [2.24, 2.45) is 0 Å². The van der Waals surface area contributed by atoms with Crippen molar-refractivity contribution in [2.75, 3.05) is 18.4 Å². The van der Waals surface area contributed by atoms with Gasteiger partial charge in [-0.25, -0.2) is 4.79 Å². The van der Waals surface area contributed by atoms with Crippen LogP contribution in [0.1, 0.15) is 46.5 Å². The van der Waals surface area contributed by atoms with E-state index in [9.17, 15) is 14.4 Å². The van der Waals surface area contributed by atoms with Gasteiger partial charge < -0.3 is 15.0 Å². The standard InChI is InChI=1S/C21H29N3O4/c1-21(2,3)28-20(27)24-14-8-12-17(24)19(26)23-13-7-11-16(23)18(25)22-15-9-5-4-6-10-15/h4-6,9-10,16-17H,7-8,11-14H2,1-3H3,(H,22,25)/t16-,17+/m1/s1. The summed E-state index contributed by atoms with van der Waals surface area (Å²) < 4.78 is 5.45. The van der Waals surface area contributed by atoms with Crippen LogP contribution in [-0.4, -0.2) is 58.5 Å². The average Bonchev–Trinajstić information content (AvgIpc) is 3.30. The van der Waals surface area contributed by atoms with E-state index in [1.165, 1.54) is 4.90 Å². The van der Waals surface area contributed by atoms with E-state index in [1.54, 1.807) is 4.90 Å². The SMILES string of the molecule is CC(C)(C)OC(=O)N1CCC[C@H]1C(=O)N1CCC[C@@H]1C(=O)Nc1ccccc1. The van der Waals surface area contributed by atoms with E-state index < -0.39 is 23.8 Å². The van der Waals surface area contributed by atoms with Gasteiger partial charge in [0.05, 0.1) is 0 Å². The Morgan fingerprint density at radius 1 is 0.964 bits per heavy atom. The fraction of sp³-hybridized carbons (Fsp3) is 0.571. The molecule has 1 aromatic carbocycles. The number of ether oxygens (including phenoxy) is 1. The Balaban J connectivity index is 1.68. The first-order valence-electron chi connectivity index (χ1n) is 9.92. The van der Waals surface area contributed by atoms with E-state index >= 15 is 0 Å². The van der Waals surface area contributed by atoms with Gasteiger partial charge in [0.25, 0.3) is 0 Å². The molecule has 0 spiro atoms. The van der Waals surface area contributed by atoms with Crippen LogP contribution in [0, 0.1) is 0 Å². The smallest absolute Gasteiger partial charge is 0.410 e. The lowest BCUT2D eigenvalue weighted by atomic mass is 10.1. The van der Waals surface area contributed by atoms with Gasteiger partial charge in [0, 0.05) is 18.8 Å². The fourth-order valence-electron chi connectivity index (χ4n) is 3.80. The Morgan fingerprint density at radius 3 is 2.21 bits per heavy atom. The number of hydrogen-bond acceptors (Lipinski definition) is 4. The highest BCUT2D eigenvalue weighted by atomic mass is 16.6. The van der Waals surface area contributed by atoms with E-state index in [0.29, 0.717) is 31.6 Å². The molecule has 0 unspecified atom stereocenters. The third-order valence-electron chi connectivity index (χ3n) is 5.05. The Morgan fingerprint density at radius 2 is 1.57 bits per heavy atom. The molecule has 1 N–H and O–H groups in total. The molecular weight excluding hydrogens is 358 g/mol. The van der Waals surface area contributed by atoms with Crippen molar-refractivity contribution in [2.45, 2.75) is 64.1 Å². The zero-order chi connectivity index (χ0) is 20.3.